The predicted octanol–water partition coefficient (Wildman–Crippen LogP) is 5.17. The van der Waals surface area contributed by atoms with Gasteiger partial charge in [-0.3, -0.25) is 15.1 Å². The number of fused-ring (bicyclic) bond motifs is 1. The van der Waals surface area contributed by atoms with E-state index < -0.39 is 4.92 Å². The third kappa shape index (κ3) is 3.45. The number of hydrogen-bond acceptors (Lipinski definition) is 6. The van der Waals surface area contributed by atoms with Crippen LogP contribution in [-0.2, 0) is 0 Å². The fraction of sp³-hybridized carbons (Fsp3) is 0.0476. The van der Waals surface area contributed by atoms with Crippen LogP contribution in [0.2, 0.25) is 0 Å². The van der Waals surface area contributed by atoms with Gasteiger partial charge in [-0.25, -0.2) is 4.98 Å². The molecule has 0 fully saturated rings. The lowest BCUT2D eigenvalue weighted by Crippen LogP contribution is -1.90. The van der Waals surface area contributed by atoms with Crippen molar-refractivity contribution in [2.75, 3.05) is 0 Å². The Morgan fingerprint density at radius 2 is 2.00 bits per heavy atom. The highest BCUT2D eigenvalue weighted by atomic mass is 16.6. The number of hydrogen-bond donors (Lipinski definition) is 1. The summed E-state index contributed by atoms with van der Waals surface area (Å²) >= 11 is 0. The van der Waals surface area contributed by atoms with Gasteiger partial charge >= 0.3 is 0 Å². The zero-order chi connectivity index (χ0) is 19.7. The van der Waals surface area contributed by atoms with Gasteiger partial charge in [-0.2, -0.15) is 0 Å². The van der Waals surface area contributed by atoms with Crippen LogP contribution in [0.3, 0.4) is 0 Å². The summed E-state index contributed by atoms with van der Waals surface area (Å²) in [4.78, 5) is 19.1. The van der Waals surface area contributed by atoms with Crippen LogP contribution >= 0.6 is 0 Å². The normalized spacial score (nSPS) is 11.3. The first-order chi connectivity index (χ1) is 13.5. The number of aliphatic imine (C=N–C) groups is 1. The molecule has 1 heterocycles. The molecule has 0 atom stereocenters. The number of non-ortho nitro benzene ring substituents is 1. The Morgan fingerprint density at radius 3 is 2.79 bits per heavy atom. The van der Waals surface area contributed by atoms with Crippen molar-refractivity contribution in [3.05, 3.63) is 81.9 Å². The molecule has 0 radical (unpaired) electrons. The molecule has 1 aromatic heterocycles. The quantitative estimate of drug-likeness (QED) is 0.302. The maximum Gasteiger partial charge on any atom is 0.270 e. The number of nitro groups is 1. The minimum atomic E-state index is -0.524. The Morgan fingerprint density at radius 1 is 1.14 bits per heavy atom. The molecule has 0 aliphatic carbocycles. The van der Waals surface area contributed by atoms with Gasteiger partial charge in [-0.05, 0) is 37.3 Å². The first-order valence-electron chi connectivity index (χ1n) is 8.49. The first-order valence-corrected chi connectivity index (χ1v) is 8.49. The summed E-state index contributed by atoms with van der Waals surface area (Å²) in [7, 11) is 0. The molecule has 0 aliphatic heterocycles. The van der Waals surface area contributed by atoms with Crippen molar-refractivity contribution < 1.29 is 14.4 Å². The van der Waals surface area contributed by atoms with Crippen molar-refractivity contribution >= 4 is 28.7 Å². The van der Waals surface area contributed by atoms with E-state index in [1.165, 1.54) is 24.4 Å². The summed E-state index contributed by atoms with van der Waals surface area (Å²) in [6.07, 6.45) is 1.38. The second-order valence-electron chi connectivity index (χ2n) is 6.30. The lowest BCUT2D eigenvalue weighted by atomic mass is 10.1. The molecule has 0 aliphatic rings. The molecule has 0 amide bonds. The third-order valence-electron chi connectivity index (χ3n) is 4.21. The monoisotopic (exact) mass is 373 g/mol. The van der Waals surface area contributed by atoms with E-state index in [4.69, 9.17) is 4.42 Å². The molecule has 0 saturated heterocycles. The lowest BCUT2D eigenvalue weighted by Gasteiger charge is -1.99. The van der Waals surface area contributed by atoms with Gasteiger partial charge < -0.3 is 9.52 Å². The number of aromatic hydroxyl groups is 1. The molecule has 0 spiro atoms. The Kier molecular flexibility index (Phi) is 4.33. The summed E-state index contributed by atoms with van der Waals surface area (Å²) < 4.78 is 5.85. The fourth-order valence-corrected chi connectivity index (χ4v) is 2.80. The smallest absolute Gasteiger partial charge is 0.270 e. The number of aromatic nitrogens is 1. The van der Waals surface area contributed by atoms with E-state index in [9.17, 15) is 15.2 Å². The molecule has 3 aromatic carbocycles. The largest absolute Gasteiger partial charge is 0.507 e. The van der Waals surface area contributed by atoms with Crippen LogP contribution in [0.25, 0.3) is 22.6 Å². The second-order valence-corrected chi connectivity index (χ2v) is 6.30. The van der Waals surface area contributed by atoms with Crippen LogP contribution in [0.1, 0.15) is 11.1 Å². The number of phenolic OH excluding ortho intramolecular Hbond substituents is 1. The number of aryl methyl sites for hydroxylation is 1. The average Bonchev–Trinajstić information content (AvgIpc) is 3.10. The van der Waals surface area contributed by atoms with Gasteiger partial charge in [0, 0.05) is 35.5 Å². The molecular formula is C21H15N3O4. The van der Waals surface area contributed by atoms with Crippen LogP contribution in [0.15, 0.2) is 70.1 Å². The molecule has 1 N–H and O–H groups in total. The van der Waals surface area contributed by atoms with Crippen molar-refractivity contribution in [2.24, 2.45) is 4.99 Å². The lowest BCUT2D eigenvalue weighted by molar-refractivity contribution is -0.384. The Balaban J connectivity index is 1.66. The summed E-state index contributed by atoms with van der Waals surface area (Å²) in [5, 5.41) is 20.8. The highest BCUT2D eigenvalue weighted by Crippen LogP contribution is 2.28. The van der Waals surface area contributed by atoms with Crippen LogP contribution in [0.5, 0.6) is 5.75 Å². The number of phenols is 1. The minimum Gasteiger partial charge on any atom is -0.507 e. The molecule has 0 unspecified atom stereocenters. The second kappa shape index (κ2) is 6.96. The number of benzene rings is 3. The number of nitro benzene ring substituents is 1. The van der Waals surface area contributed by atoms with E-state index in [-0.39, 0.29) is 17.0 Å². The standard InChI is InChI=1S/C21H15N3O4/c1-13-3-2-4-14(9-13)21-23-18-7-5-16(11-20(18)28-21)22-12-15-10-17(24(26)27)6-8-19(15)25/h2-12,25H,1H3. The Labute approximate surface area is 159 Å². The topological polar surface area (TPSA) is 102 Å². The highest BCUT2D eigenvalue weighted by Gasteiger charge is 2.10. The van der Waals surface area contributed by atoms with Gasteiger partial charge in [0.05, 0.1) is 10.6 Å². The van der Waals surface area contributed by atoms with Crippen molar-refractivity contribution in [1.82, 2.24) is 4.98 Å². The molecule has 0 bridgehead atoms. The summed E-state index contributed by atoms with van der Waals surface area (Å²) in [5.74, 6) is 0.438. The first kappa shape index (κ1) is 17.4. The summed E-state index contributed by atoms with van der Waals surface area (Å²) in [6.45, 7) is 2.00. The van der Waals surface area contributed by atoms with Crippen LogP contribution in [0, 0.1) is 17.0 Å². The molecule has 7 nitrogen and oxygen atoms in total. The third-order valence-corrected chi connectivity index (χ3v) is 4.21. The van der Waals surface area contributed by atoms with Crippen LogP contribution in [0.4, 0.5) is 11.4 Å². The fourth-order valence-electron chi connectivity index (χ4n) is 2.80. The summed E-state index contributed by atoms with van der Waals surface area (Å²) in [5.41, 5.74) is 4.00. The van der Waals surface area contributed by atoms with E-state index in [1.54, 1.807) is 18.2 Å². The van der Waals surface area contributed by atoms with E-state index in [1.807, 2.05) is 31.2 Å². The van der Waals surface area contributed by atoms with Crippen molar-refractivity contribution in [2.45, 2.75) is 6.92 Å². The van der Waals surface area contributed by atoms with E-state index in [2.05, 4.69) is 9.98 Å². The van der Waals surface area contributed by atoms with Crippen molar-refractivity contribution in [1.29, 1.82) is 0 Å². The Hall–Kier alpha value is -4.00. The molecule has 4 rings (SSSR count). The maximum atomic E-state index is 10.9. The van der Waals surface area contributed by atoms with Crippen LogP contribution < -0.4 is 0 Å². The molecule has 138 valence electrons. The van der Waals surface area contributed by atoms with E-state index in [0.717, 1.165) is 11.1 Å². The average molecular weight is 373 g/mol. The van der Waals surface area contributed by atoms with Gasteiger partial charge in [0.25, 0.3) is 5.69 Å². The molecule has 0 saturated carbocycles. The minimum absolute atomic E-state index is 0.0863. The number of rotatable bonds is 4. The zero-order valence-electron chi connectivity index (χ0n) is 14.9. The predicted molar refractivity (Wildman–Crippen MR) is 106 cm³/mol. The van der Waals surface area contributed by atoms with Gasteiger partial charge in [0.1, 0.15) is 11.3 Å². The SMILES string of the molecule is Cc1cccc(-c2nc3ccc(N=Cc4cc([N+](=O)[O-])ccc4O)cc3o2)c1. The van der Waals surface area contributed by atoms with Crippen molar-refractivity contribution in [3.63, 3.8) is 0 Å². The van der Waals surface area contributed by atoms with Gasteiger partial charge in [0.15, 0.2) is 5.58 Å². The van der Waals surface area contributed by atoms with E-state index >= 15 is 0 Å². The zero-order valence-corrected chi connectivity index (χ0v) is 14.9. The van der Waals surface area contributed by atoms with E-state index in [0.29, 0.717) is 22.7 Å². The number of nitrogens with zero attached hydrogens (tertiary/aromatic N) is 3. The van der Waals surface area contributed by atoms with Gasteiger partial charge in [-0.1, -0.05) is 17.7 Å². The van der Waals surface area contributed by atoms with Crippen LogP contribution in [-0.4, -0.2) is 21.2 Å². The van der Waals surface area contributed by atoms with Crippen molar-refractivity contribution in [3.8, 4) is 17.2 Å². The molecule has 4 aromatic rings. The number of oxazole rings is 1. The molecular weight excluding hydrogens is 358 g/mol. The van der Waals surface area contributed by atoms with Gasteiger partial charge in [0.2, 0.25) is 5.89 Å². The summed E-state index contributed by atoms with van der Waals surface area (Å²) in [6, 6.07) is 16.9. The highest BCUT2D eigenvalue weighted by molar-refractivity contribution is 5.87. The Bertz CT molecular complexity index is 1230. The molecule has 7 heteroatoms. The maximum absolute atomic E-state index is 10.9. The molecule has 28 heavy (non-hydrogen) atoms. The van der Waals surface area contributed by atoms with Gasteiger partial charge in [-0.15, -0.1) is 0 Å².